The van der Waals surface area contributed by atoms with Gasteiger partial charge in [0.15, 0.2) is 0 Å². The minimum atomic E-state index is -0.893. The van der Waals surface area contributed by atoms with Gasteiger partial charge in [-0.3, -0.25) is 4.79 Å². The summed E-state index contributed by atoms with van der Waals surface area (Å²) >= 11 is 11.8. The first-order valence-electron chi connectivity index (χ1n) is 4.38. The lowest BCUT2D eigenvalue weighted by molar-refractivity contribution is -0.119. The fourth-order valence-electron chi connectivity index (χ4n) is 1.17. The Morgan fingerprint density at radius 2 is 2.00 bits per heavy atom. The highest BCUT2D eigenvalue weighted by molar-refractivity contribution is 6.36. The van der Waals surface area contributed by atoms with E-state index in [1.54, 1.807) is 18.2 Å². The fraction of sp³-hybridized carbons (Fsp3) is 0.300. The van der Waals surface area contributed by atoms with Crippen LogP contribution in [0, 0.1) is 0 Å². The van der Waals surface area contributed by atoms with Crippen LogP contribution in [0.3, 0.4) is 0 Å². The largest absolute Gasteiger partial charge is 0.386 e. The minimum absolute atomic E-state index is 0.0960. The first kappa shape index (κ1) is 12.3. The van der Waals surface area contributed by atoms with Gasteiger partial charge in [-0.05, 0) is 12.1 Å². The summed E-state index contributed by atoms with van der Waals surface area (Å²) in [6, 6.07) is 4.97. The number of halogens is 2. The monoisotopic (exact) mass is 247 g/mol. The number of benzene rings is 1. The molecule has 0 heterocycles. The van der Waals surface area contributed by atoms with Crippen LogP contribution in [0.4, 0.5) is 0 Å². The zero-order valence-electron chi connectivity index (χ0n) is 8.13. The van der Waals surface area contributed by atoms with Gasteiger partial charge < -0.3 is 10.4 Å². The molecular weight excluding hydrogens is 237 g/mol. The Morgan fingerprint density at radius 3 is 2.47 bits per heavy atom. The molecule has 5 heteroatoms. The Balaban J connectivity index is 2.81. The number of carbonyl (C=O) groups is 1. The lowest BCUT2D eigenvalue weighted by Gasteiger charge is -2.14. The highest BCUT2D eigenvalue weighted by atomic mass is 35.5. The molecule has 15 heavy (non-hydrogen) atoms. The summed E-state index contributed by atoms with van der Waals surface area (Å²) in [5.74, 6) is -0.211. The predicted molar refractivity (Wildman–Crippen MR) is 60.1 cm³/mol. The third-order valence-electron chi connectivity index (χ3n) is 1.88. The summed E-state index contributed by atoms with van der Waals surface area (Å²) in [4.78, 5) is 10.7. The van der Waals surface area contributed by atoms with Gasteiger partial charge in [-0.15, -0.1) is 0 Å². The van der Waals surface area contributed by atoms with E-state index in [9.17, 15) is 9.90 Å². The number of hydrogen-bond acceptors (Lipinski definition) is 2. The van der Waals surface area contributed by atoms with Crippen molar-refractivity contribution in [1.82, 2.24) is 5.32 Å². The first-order valence-corrected chi connectivity index (χ1v) is 5.14. The van der Waals surface area contributed by atoms with Crippen molar-refractivity contribution in [1.29, 1.82) is 0 Å². The number of amides is 1. The third kappa shape index (κ3) is 3.38. The maximum absolute atomic E-state index is 10.7. The Kier molecular flexibility index (Phi) is 4.39. The van der Waals surface area contributed by atoms with Crippen molar-refractivity contribution in [3.05, 3.63) is 33.8 Å². The molecule has 0 saturated carbocycles. The molecule has 82 valence electrons. The van der Waals surface area contributed by atoms with Crippen LogP contribution < -0.4 is 5.32 Å². The van der Waals surface area contributed by atoms with Gasteiger partial charge in [-0.2, -0.15) is 0 Å². The molecule has 3 nitrogen and oxygen atoms in total. The van der Waals surface area contributed by atoms with Crippen LogP contribution in [-0.2, 0) is 4.79 Å². The van der Waals surface area contributed by atoms with Crippen molar-refractivity contribution >= 4 is 29.1 Å². The van der Waals surface area contributed by atoms with Crippen LogP contribution >= 0.6 is 23.2 Å². The maximum atomic E-state index is 10.7. The second-order valence-electron chi connectivity index (χ2n) is 3.09. The molecule has 1 amide bonds. The normalized spacial score (nSPS) is 12.3. The lowest BCUT2D eigenvalue weighted by Crippen LogP contribution is -2.26. The van der Waals surface area contributed by atoms with Crippen LogP contribution in [-0.4, -0.2) is 17.6 Å². The topological polar surface area (TPSA) is 49.3 Å². The van der Waals surface area contributed by atoms with Crippen LogP contribution in [0.15, 0.2) is 18.2 Å². The summed E-state index contributed by atoms with van der Waals surface area (Å²) in [5.41, 5.74) is 0.439. The standard InChI is InChI=1S/C10H11Cl2NO2/c1-6(14)13-5-9(15)10-7(11)3-2-4-8(10)12/h2-4,9,15H,5H2,1H3,(H,13,14). The number of carbonyl (C=O) groups excluding carboxylic acids is 1. The molecule has 0 bridgehead atoms. The smallest absolute Gasteiger partial charge is 0.216 e. The fourth-order valence-corrected chi connectivity index (χ4v) is 1.82. The van der Waals surface area contributed by atoms with E-state index in [0.717, 1.165) is 0 Å². The molecule has 1 aromatic carbocycles. The van der Waals surface area contributed by atoms with E-state index in [-0.39, 0.29) is 12.5 Å². The van der Waals surface area contributed by atoms with Crippen LogP contribution in [0.1, 0.15) is 18.6 Å². The van der Waals surface area contributed by atoms with Crippen molar-refractivity contribution in [2.24, 2.45) is 0 Å². The third-order valence-corrected chi connectivity index (χ3v) is 2.54. The molecule has 0 aliphatic carbocycles. The highest BCUT2D eigenvalue weighted by Gasteiger charge is 2.15. The van der Waals surface area contributed by atoms with E-state index in [1.165, 1.54) is 6.92 Å². The van der Waals surface area contributed by atoms with Crippen molar-refractivity contribution in [3.63, 3.8) is 0 Å². The average Bonchev–Trinajstić information content (AvgIpc) is 2.14. The maximum Gasteiger partial charge on any atom is 0.216 e. The number of nitrogens with one attached hydrogen (secondary N) is 1. The summed E-state index contributed by atoms with van der Waals surface area (Å²) in [5, 5.41) is 13.0. The second kappa shape index (κ2) is 5.35. The van der Waals surface area contributed by atoms with Crippen LogP contribution in [0.25, 0.3) is 0 Å². The molecule has 1 rings (SSSR count). The van der Waals surface area contributed by atoms with E-state index in [0.29, 0.717) is 15.6 Å². The summed E-state index contributed by atoms with van der Waals surface area (Å²) < 4.78 is 0. The molecule has 1 aromatic rings. The molecule has 0 aromatic heterocycles. The van der Waals surface area contributed by atoms with E-state index in [2.05, 4.69) is 5.32 Å². The number of aliphatic hydroxyl groups excluding tert-OH is 1. The van der Waals surface area contributed by atoms with Gasteiger partial charge in [-0.25, -0.2) is 0 Å². The quantitative estimate of drug-likeness (QED) is 0.861. The zero-order valence-corrected chi connectivity index (χ0v) is 9.64. The number of aliphatic hydroxyl groups is 1. The molecule has 0 fully saturated rings. The molecule has 0 radical (unpaired) electrons. The number of rotatable bonds is 3. The van der Waals surface area contributed by atoms with Crippen LogP contribution in [0.5, 0.6) is 0 Å². The van der Waals surface area contributed by atoms with E-state index in [4.69, 9.17) is 23.2 Å². The SMILES string of the molecule is CC(=O)NCC(O)c1c(Cl)cccc1Cl. The van der Waals surface area contributed by atoms with Crippen molar-refractivity contribution in [2.75, 3.05) is 6.54 Å². The van der Waals surface area contributed by atoms with Crippen LogP contribution in [0.2, 0.25) is 10.0 Å². The summed E-state index contributed by atoms with van der Waals surface area (Å²) in [6.07, 6.45) is -0.893. The summed E-state index contributed by atoms with van der Waals surface area (Å²) in [7, 11) is 0. The van der Waals surface area contributed by atoms with E-state index in [1.807, 2.05) is 0 Å². The molecule has 0 aliphatic heterocycles. The van der Waals surface area contributed by atoms with Gasteiger partial charge >= 0.3 is 0 Å². The van der Waals surface area contributed by atoms with Crippen molar-refractivity contribution < 1.29 is 9.90 Å². The molecule has 2 N–H and O–H groups in total. The molecule has 0 aliphatic rings. The number of hydrogen-bond donors (Lipinski definition) is 2. The molecule has 0 spiro atoms. The Morgan fingerprint density at radius 1 is 1.47 bits per heavy atom. The average molecular weight is 248 g/mol. The van der Waals surface area contributed by atoms with E-state index < -0.39 is 6.10 Å². The van der Waals surface area contributed by atoms with Gasteiger partial charge in [0, 0.05) is 29.1 Å². The van der Waals surface area contributed by atoms with Gasteiger partial charge in [0.25, 0.3) is 0 Å². The molecule has 0 saturated heterocycles. The van der Waals surface area contributed by atoms with Gasteiger partial charge in [-0.1, -0.05) is 29.3 Å². The summed E-state index contributed by atoms with van der Waals surface area (Å²) in [6.45, 7) is 1.47. The Hall–Kier alpha value is -0.770. The van der Waals surface area contributed by atoms with Gasteiger partial charge in [0.05, 0.1) is 6.10 Å². The van der Waals surface area contributed by atoms with E-state index >= 15 is 0 Å². The van der Waals surface area contributed by atoms with Gasteiger partial charge in [0.2, 0.25) is 5.91 Å². The zero-order chi connectivity index (χ0) is 11.4. The van der Waals surface area contributed by atoms with Crippen molar-refractivity contribution in [3.8, 4) is 0 Å². The van der Waals surface area contributed by atoms with Crippen molar-refractivity contribution in [2.45, 2.75) is 13.0 Å². The Bertz CT molecular complexity index is 348. The molecular formula is C10H11Cl2NO2. The molecule has 1 atom stereocenters. The second-order valence-corrected chi connectivity index (χ2v) is 3.90. The van der Waals surface area contributed by atoms with Gasteiger partial charge in [0.1, 0.15) is 0 Å². The predicted octanol–water partition coefficient (Wildman–Crippen LogP) is 2.16. The minimum Gasteiger partial charge on any atom is -0.386 e. The lowest BCUT2D eigenvalue weighted by atomic mass is 10.1. The Labute approximate surface area is 98.0 Å². The highest BCUT2D eigenvalue weighted by Crippen LogP contribution is 2.29. The molecule has 1 unspecified atom stereocenters. The first-order chi connectivity index (χ1) is 7.02.